The molecular formula is C18H16N4O3S. The molecule has 1 N–H and O–H groups in total. The molecule has 0 amide bonds. The molecule has 0 bridgehead atoms. The lowest BCUT2D eigenvalue weighted by atomic mass is 10.1. The van der Waals surface area contributed by atoms with Crippen molar-refractivity contribution >= 4 is 9.84 Å². The second-order valence-corrected chi connectivity index (χ2v) is 7.83. The van der Waals surface area contributed by atoms with Crippen LogP contribution in [0.5, 0.6) is 0 Å². The smallest absolute Gasteiger partial charge is 0.175 e. The maximum atomic E-state index is 11.5. The van der Waals surface area contributed by atoms with E-state index in [1.807, 2.05) is 6.07 Å². The lowest BCUT2D eigenvalue weighted by molar-refractivity contribution is 0.152. The molecule has 0 aliphatic rings. The number of hydrogen-bond acceptors (Lipinski definition) is 6. The Morgan fingerprint density at radius 1 is 1.23 bits per heavy atom. The van der Waals surface area contributed by atoms with Crippen molar-refractivity contribution in [3.63, 3.8) is 0 Å². The zero-order chi connectivity index (χ0) is 18.7. The monoisotopic (exact) mass is 368 g/mol. The molecule has 132 valence electrons. The highest BCUT2D eigenvalue weighted by Gasteiger charge is 2.15. The summed E-state index contributed by atoms with van der Waals surface area (Å²) >= 11 is 0. The van der Waals surface area contributed by atoms with E-state index in [-0.39, 0.29) is 11.4 Å². The van der Waals surface area contributed by atoms with E-state index in [1.54, 1.807) is 35.0 Å². The van der Waals surface area contributed by atoms with Crippen molar-refractivity contribution in [2.24, 2.45) is 0 Å². The topological polar surface area (TPSA) is 109 Å². The Hall–Kier alpha value is -3.02. The summed E-state index contributed by atoms with van der Waals surface area (Å²) in [6.45, 7) is 0.143. The molecule has 7 nitrogen and oxygen atoms in total. The third kappa shape index (κ3) is 3.79. The Labute approximate surface area is 151 Å². The predicted molar refractivity (Wildman–Crippen MR) is 94.7 cm³/mol. The average Bonchev–Trinajstić information content (AvgIpc) is 3.09. The number of rotatable bonds is 5. The first-order valence-electron chi connectivity index (χ1n) is 7.75. The summed E-state index contributed by atoms with van der Waals surface area (Å²) in [5, 5.41) is 23.6. The summed E-state index contributed by atoms with van der Waals surface area (Å²) in [6.07, 6.45) is 1.63. The van der Waals surface area contributed by atoms with Gasteiger partial charge in [-0.2, -0.15) is 10.4 Å². The van der Waals surface area contributed by atoms with E-state index in [1.165, 1.54) is 18.5 Å². The van der Waals surface area contributed by atoms with Crippen molar-refractivity contribution in [1.29, 1.82) is 5.26 Å². The fourth-order valence-electron chi connectivity index (χ4n) is 2.56. The zero-order valence-corrected chi connectivity index (χ0v) is 14.8. The number of aliphatic hydroxyl groups is 1. The zero-order valence-electron chi connectivity index (χ0n) is 13.9. The molecular weight excluding hydrogens is 352 g/mol. The highest BCUT2D eigenvalue weighted by molar-refractivity contribution is 7.90. The molecule has 1 atom stereocenters. The van der Waals surface area contributed by atoms with Crippen LogP contribution in [0.15, 0.2) is 59.8 Å². The van der Waals surface area contributed by atoms with Gasteiger partial charge >= 0.3 is 0 Å². The summed E-state index contributed by atoms with van der Waals surface area (Å²) in [6, 6.07) is 15.1. The largest absolute Gasteiger partial charge is 0.386 e. The molecule has 0 fully saturated rings. The second-order valence-electron chi connectivity index (χ2n) is 5.82. The molecule has 0 aliphatic carbocycles. The first kappa shape index (κ1) is 17.8. The first-order valence-corrected chi connectivity index (χ1v) is 9.64. The van der Waals surface area contributed by atoms with Crippen molar-refractivity contribution in [3.05, 3.63) is 66.0 Å². The lowest BCUT2D eigenvalue weighted by Crippen LogP contribution is -2.11. The molecule has 0 saturated carbocycles. The van der Waals surface area contributed by atoms with Crippen LogP contribution in [0.3, 0.4) is 0 Å². The van der Waals surface area contributed by atoms with Crippen LogP contribution in [-0.4, -0.2) is 34.5 Å². The molecule has 0 aliphatic heterocycles. The van der Waals surface area contributed by atoms with Gasteiger partial charge in [0, 0.05) is 11.8 Å². The van der Waals surface area contributed by atoms with Crippen LogP contribution < -0.4 is 0 Å². The maximum absolute atomic E-state index is 11.5. The molecule has 0 spiro atoms. The van der Waals surface area contributed by atoms with Gasteiger partial charge in [0.05, 0.1) is 29.2 Å². The number of sulfone groups is 1. The van der Waals surface area contributed by atoms with Crippen LogP contribution in [0.2, 0.25) is 0 Å². The molecule has 1 heterocycles. The Kier molecular flexibility index (Phi) is 4.84. The van der Waals surface area contributed by atoms with Gasteiger partial charge in [-0.1, -0.05) is 24.3 Å². The molecule has 1 aromatic heterocycles. The van der Waals surface area contributed by atoms with E-state index in [0.717, 1.165) is 11.8 Å². The second kappa shape index (κ2) is 7.07. The van der Waals surface area contributed by atoms with Crippen molar-refractivity contribution in [1.82, 2.24) is 14.8 Å². The Bertz CT molecular complexity index is 1070. The maximum Gasteiger partial charge on any atom is 0.175 e. The Balaban J connectivity index is 1.84. The van der Waals surface area contributed by atoms with Gasteiger partial charge in [0.2, 0.25) is 0 Å². The van der Waals surface area contributed by atoms with Gasteiger partial charge in [0.15, 0.2) is 15.7 Å². The third-order valence-corrected chi connectivity index (χ3v) is 5.03. The SMILES string of the molecule is CS(=O)(=O)c1ccc(C(O)Cn2ncnc2-c2cccc(C#N)c2)cc1. The van der Waals surface area contributed by atoms with E-state index >= 15 is 0 Å². The van der Waals surface area contributed by atoms with Crippen molar-refractivity contribution in [3.8, 4) is 17.5 Å². The third-order valence-electron chi connectivity index (χ3n) is 3.90. The van der Waals surface area contributed by atoms with Gasteiger partial charge in [0.1, 0.15) is 6.33 Å². The highest BCUT2D eigenvalue weighted by atomic mass is 32.2. The minimum atomic E-state index is -3.28. The van der Waals surface area contributed by atoms with Crippen molar-refractivity contribution < 1.29 is 13.5 Å². The summed E-state index contributed by atoms with van der Waals surface area (Å²) in [7, 11) is -3.28. The molecule has 8 heteroatoms. The number of benzene rings is 2. The number of aliphatic hydroxyl groups excluding tert-OH is 1. The first-order chi connectivity index (χ1) is 12.4. The van der Waals surface area contributed by atoms with Gasteiger partial charge in [-0.05, 0) is 29.8 Å². The van der Waals surface area contributed by atoms with Crippen LogP contribution >= 0.6 is 0 Å². The molecule has 0 radical (unpaired) electrons. The molecule has 3 aromatic rings. The van der Waals surface area contributed by atoms with Gasteiger partial charge in [-0.15, -0.1) is 0 Å². The number of hydrogen-bond donors (Lipinski definition) is 1. The standard InChI is InChI=1S/C18H16N4O3S/c1-26(24,25)16-7-5-14(6-8-16)17(23)11-22-18(20-12-21-22)15-4-2-3-13(9-15)10-19/h2-9,12,17,23H,11H2,1H3. The Morgan fingerprint density at radius 3 is 2.62 bits per heavy atom. The van der Waals surface area contributed by atoms with Crippen LogP contribution in [0.4, 0.5) is 0 Å². The highest BCUT2D eigenvalue weighted by Crippen LogP contribution is 2.22. The van der Waals surface area contributed by atoms with Crippen LogP contribution in [-0.2, 0) is 16.4 Å². The number of aromatic nitrogens is 3. The van der Waals surface area contributed by atoms with Crippen molar-refractivity contribution in [2.45, 2.75) is 17.5 Å². The summed E-state index contributed by atoms with van der Waals surface area (Å²) in [4.78, 5) is 4.40. The average molecular weight is 368 g/mol. The van der Waals surface area contributed by atoms with Gasteiger partial charge < -0.3 is 5.11 Å². The van der Waals surface area contributed by atoms with E-state index in [4.69, 9.17) is 5.26 Å². The van der Waals surface area contributed by atoms with E-state index < -0.39 is 15.9 Å². The molecule has 0 saturated heterocycles. The summed E-state index contributed by atoms with van der Waals surface area (Å²) < 4.78 is 24.6. The molecule has 26 heavy (non-hydrogen) atoms. The van der Waals surface area contributed by atoms with Gasteiger partial charge in [0.25, 0.3) is 0 Å². The van der Waals surface area contributed by atoms with E-state index in [9.17, 15) is 13.5 Å². The van der Waals surface area contributed by atoms with Crippen LogP contribution in [0.1, 0.15) is 17.2 Å². The number of nitriles is 1. The van der Waals surface area contributed by atoms with Crippen molar-refractivity contribution in [2.75, 3.05) is 6.26 Å². The Morgan fingerprint density at radius 2 is 1.96 bits per heavy atom. The van der Waals surface area contributed by atoms with Crippen LogP contribution in [0.25, 0.3) is 11.4 Å². The molecule has 1 unspecified atom stereocenters. The lowest BCUT2D eigenvalue weighted by Gasteiger charge is -2.13. The minimum Gasteiger partial charge on any atom is -0.386 e. The van der Waals surface area contributed by atoms with E-state index in [0.29, 0.717) is 17.0 Å². The fourth-order valence-corrected chi connectivity index (χ4v) is 3.19. The quantitative estimate of drug-likeness (QED) is 0.737. The summed E-state index contributed by atoms with van der Waals surface area (Å²) in [5.41, 5.74) is 1.81. The van der Waals surface area contributed by atoms with Gasteiger partial charge in [-0.25, -0.2) is 18.1 Å². The molecule has 3 rings (SSSR count). The summed E-state index contributed by atoms with van der Waals surface area (Å²) in [5.74, 6) is 0.536. The predicted octanol–water partition coefficient (Wildman–Crippen LogP) is 1.95. The fraction of sp³-hybridized carbons (Fsp3) is 0.167. The normalized spacial score (nSPS) is 12.5. The van der Waals surface area contributed by atoms with Crippen LogP contribution in [0, 0.1) is 11.3 Å². The minimum absolute atomic E-state index is 0.143. The number of nitrogens with zero attached hydrogens (tertiary/aromatic N) is 4. The van der Waals surface area contributed by atoms with E-state index in [2.05, 4.69) is 16.2 Å². The van der Waals surface area contributed by atoms with Gasteiger partial charge in [-0.3, -0.25) is 0 Å². The molecule has 2 aromatic carbocycles.